The van der Waals surface area contributed by atoms with Gasteiger partial charge in [-0.05, 0) is 11.1 Å². The van der Waals surface area contributed by atoms with Crippen LogP contribution < -0.4 is 11.1 Å². The van der Waals surface area contributed by atoms with E-state index in [2.05, 4.69) is 5.32 Å². The molecule has 3 N–H and O–H groups in total. The Hall–Kier alpha value is -2.90. The van der Waals surface area contributed by atoms with Crippen molar-refractivity contribution >= 4 is 12.0 Å². The molecule has 2 aromatic rings. The number of ether oxygens (including phenoxy) is 1. The van der Waals surface area contributed by atoms with E-state index in [4.69, 9.17) is 10.5 Å². The van der Waals surface area contributed by atoms with Gasteiger partial charge in [0.2, 0.25) is 0 Å². The van der Waals surface area contributed by atoms with E-state index in [1.54, 1.807) is 19.1 Å². The molecule has 0 spiro atoms. The van der Waals surface area contributed by atoms with Gasteiger partial charge >= 0.3 is 6.09 Å². The lowest BCUT2D eigenvalue weighted by atomic mass is 10.1. The van der Waals surface area contributed by atoms with Crippen LogP contribution in [-0.4, -0.2) is 48.8 Å². The maximum Gasteiger partial charge on any atom is 0.408 e. The van der Waals surface area contributed by atoms with Gasteiger partial charge in [-0.2, -0.15) is 0 Å². The van der Waals surface area contributed by atoms with Crippen LogP contribution in [0.1, 0.15) is 11.1 Å². The molecule has 0 aliphatic rings. The third-order valence-electron chi connectivity index (χ3n) is 4.18. The molecule has 1 atom stereocenters. The fourth-order valence-corrected chi connectivity index (χ4v) is 2.47. The van der Waals surface area contributed by atoms with Crippen molar-refractivity contribution in [2.45, 2.75) is 19.1 Å². The van der Waals surface area contributed by atoms with Crippen molar-refractivity contribution in [3.8, 4) is 0 Å². The fraction of sp³-hybridized carbons (Fsp3) is 0.300. The van der Waals surface area contributed by atoms with Crippen LogP contribution in [0.4, 0.5) is 4.79 Å². The average molecular weight is 370 g/mol. The highest BCUT2D eigenvalue weighted by Gasteiger charge is 2.26. The molecule has 144 valence electrons. The average Bonchev–Trinajstić information content (AvgIpc) is 2.71. The number of hydrazine groups is 1. The molecule has 0 saturated heterocycles. The smallest absolute Gasteiger partial charge is 0.408 e. The molecule has 7 heteroatoms. The van der Waals surface area contributed by atoms with Crippen molar-refractivity contribution in [2.75, 3.05) is 20.8 Å². The summed E-state index contributed by atoms with van der Waals surface area (Å²) in [6.07, 6.45) is -0.292. The third kappa shape index (κ3) is 6.40. The second kappa shape index (κ2) is 10.3. The first-order valence-corrected chi connectivity index (χ1v) is 8.71. The van der Waals surface area contributed by atoms with E-state index in [0.717, 1.165) is 11.1 Å². The minimum Gasteiger partial charge on any atom is -0.445 e. The number of amides is 2. The van der Waals surface area contributed by atoms with Gasteiger partial charge in [-0.3, -0.25) is 9.80 Å². The standard InChI is InChI=1S/C20H26N4O3/c1-23(15-21)24(2)19(25)18(13-16-9-5-3-6-10-16)22-20(26)27-14-17-11-7-4-8-12-17/h3-12,18H,13-15,21H2,1-2H3,(H,22,26)/t18-/m0/s1. The van der Waals surface area contributed by atoms with E-state index >= 15 is 0 Å². The van der Waals surface area contributed by atoms with Crippen molar-refractivity contribution in [1.82, 2.24) is 15.3 Å². The predicted molar refractivity (Wildman–Crippen MR) is 103 cm³/mol. The second-order valence-electron chi connectivity index (χ2n) is 6.15. The van der Waals surface area contributed by atoms with Crippen molar-refractivity contribution in [2.24, 2.45) is 5.73 Å². The lowest BCUT2D eigenvalue weighted by Crippen LogP contribution is -2.54. The zero-order valence-electron chi connectivity index (χ0n) is 15.7. The van der Waals surface area contributed by atoms with Gasteiger partial charge in [0.1, 0.15) is 12.6 Å². The number of nitrogens with two attached hydrogens (primary N) is 1. The maximum atomic E-state index is 12.8. The summed E-state index contributed by atoms with van der Waals surface area (Å²) in [5.41, 5.74) is 7.40. The Morgan fingerprint density at radius 2 is 1.56 bits per heavy atom. The first kappa shape index (κ1) is 20.4. The molecule has 0 aliphatic carbocycles. The van der Waals surface area contributed by atoms with Crippen LogP contribution in [0.25, 0.3) is 0 Å². The normalized spacial score (nSPS) is 11.7. The number of carbonyl (C=O) groups is 2. The highest BCUT2D eigenvalue weighted by atomic mass is 16.5. The quantitative estimate of drug-likeness (QED) is 0.546. The van der Waals surface area contributed by atoms with E-state index in [0.29, 0.717) is 6.42 Å². The fourth-order valence-electron chi connectivity index (χ4n) is 2.47. The van der Waals surface area contributed by atoms with E-state index in [9.17, 15) is 9.59 Å². The minimum absolute atomic E-state index is 0.136. The summed E-state index contributed by atoms with van der Waals surface area (Å²) in [6, 6.07) is 18.1. The molecule has 0 heterocycles. The number of nitrogens with one attached hydrogen (secondary N) is 1. The topological polar surface area (TPSA) is 87.9 Å². The van der Waals surface area contributed by atoms with Crippen LogP contribution in [0.2, 0.25) is 0 Å². The Labute approximate surface area is 159 Å². The molecule has 0 bridgehead atoms. The number of carbonyl (C=O) groups excluding carboxylic acids is 2. The molecule has 0 saturated carbocycles. The van der Waals surface area contributed by atoms with E-state index in [-0.39, 0.29) is 19.2 Å². The zero-order valence-corrected chi connectivity index (χ0v) is 15.7. The number of benzene rings is 2. The summed E-state index contributed by atoms with van der Waals surface area (Å²) < 4.78 is 5.25. The number of likely N-dealkylation sites (N-methyl/N-ethyl adjacent to an activating group) is 1. The van der Waals surface area contributed by atoms with Crippen molar-refractivity contribution < 1.29 is 14.3 Å². The molecule has 0 fully saturated rings. The highest BCUT2D eigenvalue weighted by molar-refractivity contribution is 5.85. The van der Waals surface area contributed by atoms with Gasteiger partial charge in [0, 0.05) is 20.5 Å². The molecule has 7 nitrogen and oxygen atoms in total. The first-order valence-electron chi connectivity index (χ1n) is 8.71. The minimum atomic E-state index is -0.769. The van der Waals surface area contributed by atoms with Gasteiger partial charge in [-0.15, -0.1) is 0 Å². The Bertz CT molecular complexity index is 725. The van der Waals surface area contributed by atoms with Gasteiger partial charge < -0.3 is 15.8 Å². The highest BCUT2D eigenvalue weighted by Crippen LogP contribution is 2.08. The first-order chi connectivity index (χ1) is 13.0. The van der Waals surface area contributed by atoms with E-state index < -0.39 is 12.1 Å². The summed E-state index contributed by atoms with van der Waals surface area (Å²) in [7, 11) is 3.31. The predicted octanol–water partition coefficient (Wildman–Crippen LogP) is 1.75. The van der Waals surface area contributed by atoms with Crippen molar-refractivity contribution in [3.05, 3.63) is 71.8 Å². The summed E-state index contributed by atoms with van der Waals surface area (Å²) in [6.45, 7) is 0.316. The SMILES string of the molecule is CN(CN)N(C)C(=O)[C@H](Cc1ccccc1)NC(=O)OCc1ccccc1. The van der Waals surface area contributed by atoms with Gasteiger partial charge in [-0.1, -0.05) is 60.7 Å². The van der Waals surface area contributed by atoms with Crippen molar-refractivity contribution in [3.63, 3.8) is 0 Å². The molecule has 2 amide bonds. The second-order valence-corrected chi connectivity index (χ2v) is 6.15. The lowest BCUT2D eigenvalue weighted by molar-refractivity contribution is -0.145. The summed E-state index contributed by atoms with van der Waals surface area (Å²) >= 11 is 0. The molecule has 2 aromatic carbocycles. The third-order valence-corrected chi connectivity index (χ3v) is 4.18. The number of hydrogen-bond donors (Lipinski definition) is 2. The summed E-state index contributed by atoms with van der Waals surface area (Å²) in [5, 5.41) is 5.64. The maximum absolute atomic E-state index is 12.8. The summed E-state index contributed by atoms with van der Waals surface area (Å²) in [5.74, 6) is -0.275. The Morgan fingerprint density at radius 3 is 2.11 bits per heavy atom. The van der Waals surface area contributed by atoms with Crippen LogP contribution in [0, 0.1) is 0 Å². The van der Waals surface area contributed by atoms with Crippen LogP contribution in [-0.2, 0) is 22.6 Å². The Morgan fingerprint density at radius 1 is 1.00 bits per heavy atom. The van der Waals surface area contributed by atoms with Crippen LogP contribution in [0.5, 0.6) is 0 Å². The number of alkyl carbamates (subject to hydrolysis) is 1. The molecule has 0 aromatic heterocycles. The molecule has 0 unspecified atom stereocenters. The molecule has 27 heavy (non-hydrogen) atoms. The zero-order chi connectivity index (χ0) is 19.6. The van der Waals surface area contributed by atoms with Gasteiger partial charge in [0.25, 0.3) is 5.91 Å². The lowest BCUT2D eigenvalue weighted by Gasteiger charge is -2.30. The monoisotopic (exact) mass is 370 g/mol. The van der Waals surface area contributed by atoms with E-state index in [1.807, 2.05) is 60.7 Å². The van der Waals surface area contributed by atoms with Gasteiger partial charge in [0.15, 0.2) is 0 Å². The molecular weight excluding hydrogens is 344 g/mol. The van der Waals surface area contributed by atoms with Crippen LogP contribution in [0.3, 0.4) is 0 Å². The van der Waals surface area contributed by atoms with Gasteiger partial charge in [-0.25, -0.2) is 9.80 Å². The molecule has 2 rings (SSSR count). The molecule has 0 aliphatic heterocycles. The number of nitrogens with zero attached hydrogens (tertiary/aromatic N) is 2. The van der Waals surface area contributed by atoms with Crippen LogP contribution >= 0.6 is 0 Å². The van der Waals surface area contributed by atoms with E-state index in [1.165, 1.54) is 5.01 Å². The van der Waals surface area contributed by atoms with Crippen LogP contribution in [0.15, 0.2) is 60.7 Å². The number of hydrogen-bond acceptors (Lipinski definition) is 5. The van der Waals surface area contributed by atoms with Gasteiger partial charge in [0.05, 0.1) is 6.67 Å². The molecular formula is C20H26N4O3. The molecule has 0 radical (unpaired) electrons. The Kier molecular flexibility index (Phi) is 7.79. The Balaban J connectivity index is 2.04. The largest absolute Gasteiger partial charge is 0.445 e. The number of rotatable bonds is 8. The summed E-state index contributed by atoms with van der Waals surface area (Å²) in [4.78, 5) is 25.1. The van der Waals surface area contributed by atoms with Crippen molar-refractivity contribution in [1.29, 1.82) is 0 Å².